The number of nitrogens with zero attached hydrogens (tertiary/aromatic N) is 1. The van der Waals surface area contributed by atoms with E-state index in [-0.39, 0.29) is 5.41 Å². The van der Waals surface area contributed by atoms with Crippen LogP contribution in [0.3, 0.4) is 0 Å². The average Bonchev–Trinajstić information content (AvgIpc) is 2.74. The maximum Gasteiger partial charge on any atom is 0.0991 e. The smallest absolute Gasteiger partial charge is 0.0991 e. The highest BCUT2D eigenvalue weighted by Gasteiger charge is 2.15. The molecule has 0 radical (unpaired) electrons. The molecule has 2 aromatic carbocycles. The van der Waals surface area contributed by atoms with Crippen molar-refractivity contribution in [3.05, 3.63) is 47.5 Å². The van der Waals surface area contributed by atoms with Crippen LogP contribution in [0.5, 0.6) is 0 Å². The molecule has 1 aromatic heterocycles. The molecule has 1 heterocycles. The Bertz CT molecular complexity index is 813. The normalized spacial score (nSPS) is 11.9. The summed E-state index contributed by atoms with van der Waals surface area (Å²) in [6, 6.07) is 14.9. The summed E-state index contributed by atoms with van der Waals surface area (Å²) in [6.45, 7) is 6.68. The third-order valence-electron chi connectivity index (χ3n) is 3.46. The van der Waals surface area contributed by atoms with Crippen molar-refractivity contribution in [3.63, 3.8) is 0 Å². The minimum absolute atomic E-state index is 0.148. The zero-order chi connectivity index (χ0) is 13.6. The monoisotopic (exact) mass is 265 g/mol. The first kappa shape index (κ1) is 12.2. The lowest BCUT2D eigenvalue weighted by Gasteiger charge is -2.18. The summed E-state index contributed by atoms with van der Waals surface area (Å²) >= 11 is 1.79. The molecule has 0 amide bonds. The third kappa shape index (κ3) is 2.01. The van der Waals surface area contributed by atoms with Crippen LogP contribution in [0.2, 0.25) is 0 Å². The molecule has 3 aromatic rings. The first-order valence-corrected chi connectivity index (χ1v) is 7.17. The quantitative estimate of drug-likeness (QED) is 0.546. The second-order valence-electron chi connectivity index (χ2n) is 5.89. The molecule has 1 nitrogen and oxygen atoms in total. The van der Waals surface area contributed by atoms with Crippen molar-refractivity contribution in [2.45, 2.75) is 26.2 Å². The van der Waals surface area contributed by atoms with Crippen LogP contribution in [0, 0.1) is 11.3 Å². The van der Waals surface area contributed by atoms with Crippen LogP contribution in [0.4, 0.5) is 0 Å². The van der Waals surface area contributed by atoms with Crippen molar-refractivity contribution in [1.82, 2.24) is 0 Å². The van der Waals surface area contributed by atoms with Crippen LogP contribution in [0.25, 0.3) is 20.2 Å². The first-order chi connectivity index (χ1) is 8.99. The standard InChI is InChI=1S/C17H15NS/c1-17(2,3)12-5-7-16-14(9-12)13-8-11(10-18)4-6-15(13)19-16/h4-9H,1-3H3. The Morgan fingerprint density at radius 2 is 1.58 bits per heavy atom. The molecule has 3 rings (SSSR count). The van der Waals surface area contributed by atoms with Crippen LogP contribution in [0.1, 0.15) is 31.9 Å². The summed E-state index contributed by atoms with van der Waals surface area (Å²) in [4.78, 5) is 0. The largest absolute Gasteiger partial charge is 0.192 e. The fraction of sp³-hybridized carbons (Fsp3) is 0.235. The van der Waals surface area contributed by atoms with Crippen LogP contribution in [-0.4, -0.2) is 0 Å². The van der Waals surface area contributed by atoms with Gasteiger partial charge >= 0.3 is 0 Å². The molecule has 0 aliphatic heterocycles. The van der Waals surface area contributed by atoms with Gasteiger partial charge in [0, 0.05) is 20.2 Å². The van der Waals surface area contributed by atoms with Crippen LogP contribution >= 0.6 is 11.3 Å². The highest BCUT2D eigenvalue weighted by atomic mass is 32.1. The van der Waals surface area contributed by atoms with E-state index in [2.05, 4.69) is 51.1 Å². The summed E-state index contributed by atoms with van der Waals surface area (Å²) in [7, 11) is 0. The Labute approximate surface area is 117 Å². The minimum atomic E-state index is 0.148. The average molecular weight is 265 g/mol. The number of hydrogen-bond donors (Lipinski definition) is 0. The van der Waals surface area contributed by atoms with E-state index in [0.29, 0.717) is 0 Å². The first-order valence-electron chi connectivity index (χ1n) is 6.36. The second kappa shape index (κ2) is 4.08. The Morgan fingerprint density at radius 1 is 0.947 bits per heavy atom. The molecule has 0 atom stereocenters. The number of hydrogen-bond acceptors (Lipinski definition) is 2. The van der Waals surface area contributed by atoms with E-state index in [1.54, 1.807) is 11.3 Å². The molecule has 0 unspecified atom stereocenters. The van der Waals surface area contributed by atoms with Crippen molar-refractivity contribution in [2.75, 3.05) is 0 Å². The summed E-state index contributed by atoms with van der Waals surface area (Å²) in [6.07, 6.45) is 0. The van der Waals surface area contributed by atoms with Gasteiger partial charge in [-0.1, -0.05) is 26.8 Å². The van der Waals surface area contributed by atoms with Gasteiger partial charge < -0.3 is 0 Å². The van der Waals surface area contributed by atoms with Crippen molar-refractivity contribution >= 4 is 31.5 Å². The Hall–Kier alpha value is -1.85. The molecule has 0 bridgehead atoms. The Kier molecular flexibility index (Phi) is 2.62. The Balaban J connectivity index is 2.37. The third-order valence-corrected chi connectivity index (χ3v) is 4.62. The van der Waals surface area contributed by atoms with Gasteiger partial charge in [-0.2, -0.15) is 5.26 Å². The summed E-state index contributed by atoms with van der Waals surface area (Å²) in [5.41, 5.74) is 2.21. The molecule has 19 heavy (non-hydrogen) atoms. The van der Waals surface area contributed by atoms with Gasteiger partial charge in [-0.3, -0.25) is 0 Å². The maximum absolute atomic E-state index is 9.04. The maximum atomic E-state index is 9.04. The van der Waals surface area contributed by atoms with Crippen LogP contribution < -0.4 is 0 Å². The van der Waals surface area contributed by atoms with Gasteiger partial charge in [0.05, 0.1) is 11.6 Å². The van der Waals surface area contributed by atoms with E-state index >= 15 is 0 Å². The van der Waals surface area contributed by atoms with Crippen molar-refractivity contribution < 1.29 is 0 Å². The van der Waals surface area contributed by atoms with E-state index in [0.717, 1.165) is 5.56 Å². The molecule has 2 heteroatoms. The van der Waals surface area contributed by atoms with Gasteiger partial charge in [0.25, 0.3) is 0 Å². The molecule has 0 fully saturated rings. The van der Waals surface area contributed by atoms with Gasteiger partial charge in [-0.25, -0.2) is 0 Å². The lowest BCUT2D eigenvalue weighted by molar-refractivity contribution is 0.591. The molecule has 94 valence electrons. The fourth-order valence-electron chi connectivity index (χ4n) is 2.31. The van der Waals surface area contributed by atoms with Gasteiger partial charge in [0.15, 0.2) is 0 Å². The molecular formula is C17H15NS. The summed E-state index contributed by atoms with van der Waals surface area (Å²) in [5.74, 6) is 0. The number of nitriles is 1. The summed E-state index contributed by atoms with van der Waals surface area (Å²) in [5, 5.41) is 11.5. The molecule has 0 saturated heterocycles. The molecule has 0 aliphatic carbocycles. The zero-order valence-electron chi connectivity index (χ0n) is 11.3. The fourth-order valence-corrected chi connectivity index (χ4v) is 3.38. The number of thiophene rings is 1. The van der Waals surface area contributed by atoms with Gasteiger partial charge in [0.2, 0.25) is 0 Å². The molecular weight excluding hydrogens is 250 g/mol. The van der Waals surface area contributed by atoms with Crippen LogP contribution in [0.15, 0.2) is 36.4 Å². The SMILES string of the molecule is CC(C)(C)c1ccc2sc3ccc(C#N)cc3c2c1. The van der Waals surface area contributed by atoms with Crippen molar-refractivity contribution in [2.24, 2.45) is 0 Å². The van der Waals surface area contributed by atoms with E-state index in [1.807, 2.05) is 12.1 Å². The predicted octanol–water partition coefficient (Wildman–Crippen LogP) is 5.22. The minimum Gasteiger partial charge on any atom is -0.192 e. The molecule has 0 spiro atoms. The van der Waals surface area contributed by atoms with Crippen molar-refractivity contribution in [1.29, 1.82) is 5.26 Å². The van der Waals surface area contributed by atoms with Gasteiger partial charge in [-0.15, -0.1) is 11.3 Å². The number of benzene rings is 2. The topological polar surface area (TPSA) is 23.8 Å². The van der Waals surface area contributed by atoms with E-state index in [4.69, 9.17) is 5.26 Å². The zero-order valence-corrected chi connectivity index (χ0v) is 12.1. The predicted molar refractivity (Wildman–Crippen MR) is 82.7 cm³/mol. The lowest BCUT2D eigenvalue weighted by Crippen LogP contribution is -2.10. The number of fused-ring (bicyclic) bond motifs is 3. The summed E-state index contributed by atoms with van der Waals surface area (Å²) < 4.78 is 2.54. The van der Waals surface area contributed by atoms with E-state index < -0.39 is 0 Å². The highest BCUT2D eigenvalue weighted by molar-refractivity contribution is 7.25. The molecule has 0 N–H and O–H groups in total. The Morgan fingerprint density at radius 3 is 2.21 bits per heavy atom. The van der Waals surface area contributed by atoms with Crippen molar-refractivity contribution in [3.8, 4) is 6.07 Å². The molecule has 0 aliphatic rings. The molecule has 0 saturated carbocycles. The lowest BCUT2D eigenvalue weighted by atomic mass is 9.86. The highest BCUT2D eigenvalue weighted by Crippen LogP contribution is 2.36. The second-order valence-corrected chi connectivity index (χ2v) is 6.97. The van der Waals surface area contributed by atoms with Gasteiger partial charge in [0.1, 0.15) is 0 Å². The van der Waals surface area contributed by atoms with Gasteiger partial charge in [-0.05, 0) is 41.3 Å². The van der Waals surface area contributed by atoms with Crippen LogP contribution in [-0.2, 0) is 5.41 Å². The van der Waals surface area contributed by atoms with E-state index in [1.165, 1.54) is 25.7 Å². The number of rotatable bonds is 0. The van der Waals surface area contributed by atoms with E-state index in [9.17, 15) is 0 Å².